The van der Waals surface area contributed by atoms with Crippen LogP contribution in [-0.4, -0.2) is 44.9 Å². The summed E-state index contributed by atoms with van der Waals surface area (Å²) in [6.07, 6.45) is 1.68. The van der Waals surface area contributed by atoms with Crippen molar-refractivity contribution in [3.63, 3.8) is 0 Å². The van der Waals surface area contributed by atoms with Crippen molar-refractivity contribution in [3.05, 3.63) is 0 Å². The van der Waals surface area contributed by atoms with Crippen molar-refractivity contribution in [2.75, 3.05) is 33.5 Å². The number of ether oxygens (including phenoxy) is 2. The number of carbonyl (C=O) groups is 1. The summed E-state index contributed by atoms with van der Waals surface area (Å²) in [4.78, 5) is 11.4. The van der Waals surface area contributed by atoms with Crippen LogP contribution in [0.4, 0.5) is 0 Å². The number of rotatable bonds is 9. The third-order valence-corrected chi connectivity index (χ3v) is 2.71. The minimum absolute atomic E-state index is 0.0624. The summed E-state index contributed by atoms with van der Waals surface area (Å²) >= 11 is 0. The molecule has 0 heterocycles. The van der Waals surface area contributed by atoms with Gasteiger partial charge in [0.1, 0.15) is 6.61 Å². The van der Waals surface area contributed by atoms with E-state index in [1.165, 1.54) is 0 Å². The van der Waals surface area contributed by atoms with Gasteiger partial charge in [0.05, 0.1) is 13.2 Å². The SMILES string of the molecule is CCC(N)(CC)CNC(=O)COCCOC. The lowest BCUT2D eigenvalue weighted by Gasteiger charge is -2.26. The van der Waals surface area contributed by atoms with E-state index in [4.69, 9.17) is 15.2 Å². The molecule has 16 heavy (non-hydrogen) atoms. The number of nitrogens with two attached hydrogens (primary N) is 1. The fourth-order valence-corrected chi connectivity index (χ4v) is 1.13. The van der Waals surface area contributed by atoms with Crippen LogP contribution in [0.1, 0.15) is 26.7 Å². The Morgan fingerprint density at radius 3 is 2.44 bits per heavy atom. The smallest absolute Gasteiger partial charge is 0.246 e. The van der Waals surface area contributed by atoms with Gasteiger partial charge in [-0.3, -0.25) is 4.79 Å². The van der Waals surface area contributed by atoms with E-state index < -0.39 is 0 Å². The Bertz CT molecular complexity index is 194. The highest BCUT2D eigenvalue weighted by Crippen LogP contribution is 2.08. The van der Waals surface area contributed by atoms with Crippen LogP contribution < -0.4 is 11.1 Å². The Morgan fingerprint density at radius 1 is 1.31 bits per heavy atom. The highest BCUT2D eigenvalue weighted by Gasteiger charge is 2.20. The summed E-state index contributed by atoms with van der Waals surface area (Å²) in [6.45, 7) is 5.52. The molecule has 0 rings (SSSR count). The Labute approximate surface area is 97.7 Å². The van der Waals surface area contributed by atoms with Gasteiger partial charge in [-0.05, 0) is 12.8 Å². The van der Waals surface area contributed by atoms with Crippen LogP contribution >= 0.6 is 0 Å². The third kappa shape index (κ3) is 6.76. The van der Waals surface area contributed by atoms with E-state index in [0.29, 0.717) is 19.8 Å². The fraction of sp³-hybridized carbons (Fsp3) is 0.909. The second kappa shape index (κ2) is 8.50. The zero-order valence-electron chi connectivity index (χ0n) is 10.5. The lowest BCUT2D eigenvalue weighted by atomic mass is 9.94. The number of carbonyl (C=O) groups excluding carboxylic acids is 1. The molecule has 0 radical (unpaired) electrons. The molecule has 5 heteroatoms. The predicted molar refractivity (Wildman–Crippen MR) is 63.2 cm³/mol. The molecule has 0 saturated carbocycles. The molecular weight excluding hydrogens is 208 g/mol. The van der Waals surface area contributed by atoms with Crippen molar-refractivity contribution in [1.29, 1.82) is 0 Å². The molecule has 96 valence electrons. The number of hydrogen-bond acceptors (Lipinski definition) is 4. The Morgan fingerprint density at radius 2 is 1.94 bits per heavy atom. The summed E-state index contributed by atoms with van der Waals surface area (Å²) in [6, 6.07) is 0. The van der Waals surface area contributed by atoms with Crippen LogP contribution in [0.25, 0.3) is 0 Å². The van der Waals surface area contributed by atoms with Gasteiger partial charge in [-0.2, -0.15) is 0 Å². The van der Waals surface area contributed by atoms with Crippen LogP contribution in [0.15, 0.2) is 0 Å². The second-order valence-electron chi connectivity index (χ2n) is 3.89. The number of amides is 1. The van der Waals surface area contributed by atoms with Gasteiger partial charge in [0, 0.05) is 19.2 Å². The molecule has 3 N–H and O–H groups in total. The molecule has 0 atom stereocenters. The van der Waals surface area contributed by atoms with Crippen LogP contribution in [0, 0.1) is 0 Å². The van der Waals surface area contributed by atoms with Crippen LogP contribution in [-0.2, 0) is 14.3 Å². The van der Waals surface area contributed by atoms with Crippen molar-refractivity contribution in [1.82, 2.24) is 5.32 Å². The molecule has 0 aromatic rings. The lowest BCUT2D eigenvalue weighted by molar-refractivity contribution is -0.126. The van der Waals surface area contributed by atoms with Gasteiger partial charge in [0.25, 0.3) is 0 Å². The molecule has 0 aromatic heterocycles. The molecule has 0 spiro atoms. The first-order valence-corrected chi connectivity index (χ1v) is 5.70. The Balaban J connectivity index is 3.64. The Hall–Kier alpha value is -0.650. The van der Waals surface area contributed by atoms with Crippen molar-refractivity contribution >= 4 is 5.91 Å². The quantitative estimate of drug-likeness (QED) is 0.560. The molecule has 0 aromatic carbocycles. The lowest BCUT2D eigenvalue weighted by Crippen LogP contribution is -2.49. The topological polar surface area (TPSA) is 73.6 Å². The van der Waals surface area contributed by atoms with E-state index in [0.717, 1.165) is 12.8 Å². The summed E-state index contributed by atoms with van der Waals surface area (Å²) in [7, 11) is 1.59. The summed E-state index contributed by atoms with van der Waals surface area (Å²) in [5.41, 5.74) is 5.74. The van der Waals surface area contributed by atoms with Gasteiger partial charge >= 0.3 is 0 Å². The van der Waals surface area contributed by atoms with E-state index in [2.05, 4.69) is 5.32 Å². The zero-order chi connectivity index (χ0) is 12.4. The van der Waals surface area contributed by atoms with Crippen molar-refractivity contribution in [2.45, 2.75) is 32.2 Å². The molecule has 0 aliphatic carbocycles. The zero-order valence-corrected chi connectivity index (χ0v) is 10.5. The van der Waals surface area contributed by atoms with Crippen molar-refractivity contribution in [2.24, 2.45) is 5.73 Å². The average Bonchev–Trinajstić information content (AvgIpc) is 2.31. The monoisotopic (exact) mass is 232 g/mol. The first-order chi connectivity index (χ1) is 7.58. The van der Waals surface area contributed by atoms with Crippen molar-refractivity contribution < 1.29 is 14.3 Å². The molecule has 1 amide bonds. The van der Waals surface area contributed by atoms with Gasteiger partial charge < -0.3 is 20.5 Å². The molecular formula is C11H24N2O3. The number of hydrogen-bond donors (Lipinski definition) is 2. The standard InChI is InChI=1S/C11H24N2O3/c1-4-11(12,5-2)9-13-10(14)8-16-7-6-15-3/h4-9,12H2,1-3H3,(H,13,14). The van der Waals surface area contributed by atoms with Gasteiger partial charge in [-0.15, -0.1) is 0 Å². The molecule has 0 saturated heterocycles. The van der Waals surface area contributed by atoms with E-state index in [1.54, 1.807) is 7.11 Å². The molecule has 0 fully saturated rings. The minimum Gasteiger partial charge on any atom is -0.382 e. The average molecular weight is 232 g/mol. The van der Waals surface area contributed by atoms with Gasteiger partial charge in [-0.25, -0.2) is 0 Å². The largest absolute Gasteiger partial charge is 0.382 e. The first-order valence-electron chi connectivity index (χ1n) is 5.70. The second-order valence-corrected chi connectivity index (χ2v) is 3.89. The maximum absolute atomic E-state index is 11.4. The van der Waals surface area contributed by atoms with E-state index >= 15 is 0 Å². The van der Waals surface area contributed by atoms with E-state index in [1.807, 2.05) is 13.8 Å². The highest BCUT2D eigenvalue weighted by molar-refractivity contribution is 5.77. The molecule has 0 aliphatic heterocycles. The van der Waals surface area contributed by atoms with Gasteiger partial charge in [0.15, 0.2) is 0 Å². The van der Waals surface area contributed by atoms with Gasteiger partial charge in [-0.1, -0.05) is 13.8 Å². The molecule has 0 unspecified atom stereocenters. The third-order valence-electron chi connectivity index (χ3n) is 2.71. The molecule has 0 bridgehead atoms. The van der Waals surface area contributed by atoms with Crippen molar-refractivity contribution in [3.8, 4) is 0 Å². The normalized spacial score (nSPS) is 11.5. The van der Waals surface area contributed by atoms with Crippen LogP contribution in [0.3, 0.4) is 0 Å². The van der Waals surface area contributed by atoms with Gasteiger partial charge in [0.2, 0.25) is 5.91 Å². The highest BCUT2D eigenvalue weighted by atomic mass is 16.5. The minimum atomic E-state index is -0.303. The molecule has 5 nitrogen and oxygen atoms in total. The predicted octanol–water partition coefficient (Wildman–Crippen LogP) is 0.283. The summed E-state index contributed by atoms with van der Waals surface area (Å²) in [5, 5.41) is 2.77. The van der Waals surface area contributed by atoms with E-state index in [9.17, 15) is 4.79 Å². The molecule has 0 aliphatic rings. The summed E-state index contributed by atoms with van der Waals surface area (Å²) < 4.78 is 9.89. The summed E-state index contributed by atoms with van der Waals surface area (Å²) in [5.74, 6) is -0.132. The fourth-order valence-electron chi connectivity index (χ4n) is 1.13. The maximum atomic E-state index is 11.4. The van der Waals surface area contributed by atoms with E-state index in [-0.39, 0.29) is 18.1 Å². The number of methoxy groups -OCH3 is 1. The number of nitrogens with one attached hydrogen (secondary N) is 1. The van der Waals surface area contributed by atoms with Crippen LogP contribution in [0.2, 0.25) is 0 Å². The Kier molecular flexibility index (Phi) is 8.15. The first kappa shape index (κ1) is 15.3. The van der Waals surface area contributed by atoms with Crippen LogP contribution in [0.5, 0.6) is 0 Å². The maximum Gasteiger partial charge on any atom is 0.246 e.